The van der Waals surface area contributed by atoms with E-state index in [1.807, 2.05) is 64.6 Å². The standard InChI is InChI=1S/C38H48N6O5S/c1-41(2)24-12-26-43(27-13-25-42(3)4)38(45)32-18-11-19-33(28-32)40-50(48,49)34-20-21-36(37(29-34)44(46)47)39-23-22-35(30-14-7-5-8-15-30)31-16-9-6-10-17-31/h5-11,14-21,28-29,35,39-40H,12-13,22-27H2,1-4H3. The van der Waals surface area contributed by atoms with Gasteiger partial charge in [0.25, 0.3) is 21.6 Å². The Morgan fingerprint density at radius 3 is 1.88 bits per heavy atom. The van der Waals surface area contributed by atoms with Crippen LogP contribution >= 0.6 is 0 Å². The number of nitrogens with one attached hydrogen (secondary N) is 2. The van der Waals surface area contributed by atoms with Crippen LogP contribution in [0.25, 0.3) is 0 Å². The molecule has 0 radical (unpaired) electrons. The van der Waals surface area contributed by atoms with Crippen LogP contribution in [0.4, 0.5) is 17.1 Å². The second kappa shape index (κ2) is 18.3. The SMILES string of the molecule is CN(C)CCCN(CCCN(C)C)C(=O)c1cccc(NS(=O)(=O)c2ccc(NCCC(c3ccccc3)c3ccccc3)c([N+](=O)[O-])c2)c1. The molecule has 0 bridgehead atoms. The van der Waals surface area contributed by atoms with Gasteiger partial charge in [-0.05, 0) is 102 Å². The Morgan fingerprint density at radius 1 is 0.760 bits per heavy atom. The predicted octanol–water partition coefficient (Wildman–Crippen LogP) is 6.38. The molecule has 12 heteroatoms. The number of hydrogen-bond acceptors (Lipinski definition) is 8. The van der Waals surface area contributed by atoms with E-state index in [9.17, 15) is 23.3 Å². The Kier molecular flexibility index (Phi) is 13.9. The van der Waals surface area contributed by atoms with E-state index in [0.29, 0.717) is 31.6 Å². The summed E-state index contributed by atoms with van der Waals surface area (Å²) in [4.78, 5) is 30.8. The van der Waals surface area contributed by atoms with E-state index in [1.165, 1.54) is 18.2 Å². The lowest BCUT2D eigenvalue weighted by atomic mass is 9.88. The van der Waals surface area contributed by atoms with Crippen molar-refractivity contribution in [3.05, 3.63) is 130 Å². The highest BCUT2D eigenvalue weighted by Crippen LogP contribution is 2.31. The number of amides is 1. The molecule has 4 aromatic rings. The first-order valence-electron chi connectivity index (χ1n) is 16.8. The van der Waals surface area contributed by atoms with Crippen LogP contribution in [0.3, 0.4) is 0 Å². The van der Waals surface area contributed by atoms with E-state index >= 15 is 0 Å². The van der Waals surface area contributed by atoms with Crippen LogP contribution in [0.1, 0.15) is 46.7 Å². The number of nitrogens with zero attached hydrogens (tertiary/aromatic N) is 4. The molecule has 0 saturated carbocycles. The molecule has 0 heterocycles. The summed E-state index contributed by atoms with van der Waals surface area (Å²) in [5.74, 6) is -0.116. The fraction of sp³-hybridized carbons (Fsp3) is 0.342. The summed E-state index contributed by atoms with van der Waals surface area (Å²) in [6.07, 6.45) is 2.26. The van der Waals surface area contributed by atoms with E-state index in [1.54, 1.807) is 23.1 Å². The van der Waals surface area contributed by atoms with Crippen molar-refractivity contribution in [3.63, 3.8) is 0 Å². The number of carbonyl (C=O) groups is 1. The van der Waals surface area contributed by atoms with Crippen molar-refractivity contribution in [2.24, 2.45) is 0 Å². The second-order valence-electron chi connectivity index (χ2n) is 12.8. The Morgan fingerprint density at radius 2 is 1.34 bits per heavy atom. The van der Waals surface area contributed by atoms with Gasteiger partial charge in [-0.3, -0.25) is 19.6 Å². The molecule has 0 aromatic heterocycles. The van der Waals surface area contributed by atoms with Gasteiger partial charge < -0.3 is 20.0 Å². The molecule has 0 saturated heterocycles. The van der Waals surface area contributed by atoms with E-state index in [-0.39, 0.29) is 33.8 Å². The summed E-state index contributed by atoms with van der Waals surface area (Å²) in [5.41, 5.74) is 2.69. The van der Waals surface area contributed by atoms with Gasteiger partial charge in [-0.1, -0.05) is 66.7 Å². The van der Waals surface area contributed by atoms with Gasteiger partial charge in [0, 0.05) is 42.9 Å². The first-order chi connectivity index (χ1) is 23.9. The zero-order valence-electron chi connectivity index (χ0n) is 29.3. The molecule has 4 rings (SSSR count). The molecule has 2 N–H and O–H groups in total. The quantitative estimate of drug-likeness (QED) is 0.0853. The molecule has 0 unspecified atom stereocenters. The zero-order chi connectivity index (χ0) is 36.1. The van der Waals surface area contributed by atoms with E-state index in [0.717, 1.165) is 43.1 Å². The van der Waals surface area contributed by atoms with Crippen molar-refractivity contribution < 1.29 is 18.1 Å². The van der Waals surface area contributed by atoms with Crippen molar-refractivity contribution in [1.29, 1.82) is 0 Å². The first kappa shape index (κ1) is 38.0. The average molecular weight is 701 g/mol. The minimum absolute atomic E-state index is 0.0682. The maximum absolute atomic E-state index is 13.6. The second-order valence-corrected chi connectivity index (χ2v) is 14.5. The monoisotopic (exact) mass is 700 g/mol. The average Bonchev–Trinajstić information content (AvgIpc) is 3.09. The number of hydrogen-bond donors (Lipinski definition) is 2. The van der Waals surface area contributed by atoms with Crippen LogP contribution in [0.2, 0.25) is 0 Å². The number of rotatable bonds is 19. The third-order valence-electron chi connectivity index (χ3n) is 8.34. The summed E-state index contributed by atoms with van der Waals surface area (Å²) < 4.78 is 29.5. The zero-order valence-corrected chi connectivity index (χ0v) is 30.1. The number of carbonyl (C=O) groups excluding carboxylic acids is 1. The molecule has 4 aromatic carbocycles. The Balaban J connectivity index is 1.48. The molecular formula is C38H48N6O5S. The van der Waals surface area contributed by atoms with Crippen molar-refractivity contribution >= 4 is 33.0 Å². The fourth-order valence-corrected chi connectivity index (χ4v) is 6.88. The van der Waals surface area contributed by atoms with Gasteiger partial charge >= 0.3 is 0 Å². The Labute approximate surface area is 296 Å². The summed E-state index contributed by atoms with van der Waals surface area (Å²) in [5, 5.41) is 15.3. The molecule has 50 heavy (non-hydrogen) atoms. The highest BCUT2D eigenvalue weighted by molar-refractivity contribution is 7.92. The molecule has 11 nitrogen and oxygen atoms in total. The topological polar surface area (TPSA) is 128 Å². The molecule has 266 valence electrons. The van der Waals surface area contributed by atoms with E-state index in [2.05, 4.69) is 44.1 Å². The summed E-state index contributed by atoms with van der Waals surface area (Å²) in [6, 6.07) is 30.3. The lowest BCUT2D eigenvalue weighted by Gasteiger charge is -2.24. The molecule has 0 aliphatic carbocycles. The van der Waals surface area contributed by atoms with Crippen molar-refractivity contribution in [3.8, 4) is 0 Å². The van der Waals surface area contributed by atoms with Crippen molar-refractivity contribution in [1.82, 2.24) is 14.7 Å². The maximum Gasteiger partial charge on any atom is 0.293 e. The summed E-state index contributed by atoms with van der Waals surface area (Å²) in [7, 11) is 3.73. The van der Waals surface area contributed by atoms with Crippen LogP contribution in [-0.4, -0.2) is 94.9 Å². The van der Waals surface area contributed by atoms with Gasteiger partial charge in [-0.25, -0.2) is 8.42 Å². The lowest BCUT2D eigenvalue weighted by Crippen LogP contribution is -2.35. The highest BCUT2D eigenvalue weighted by atomic mass is 32.2. The molecule has 0 aliphatic heterocycles. The number of nitro benzene ring substituents is 1. The number of sulfonamides is 1. The molecule has 1 amide bonds. The molecule has 0 fully saturated rings. The lowest BCUT2D eigenvalue weighted by molar-refractivity contribution is -0.384. The minimum Gasteiger partial charge on any atom is -0.379 e. The van der Waals surface area contributed by atoms with E-state index < -0.39 is 14.9 Å². The Hall–Kier alpha value is -4.78. The van der Waals surface area contributed by atoms with Crippen molar-refractivity contribution in [2.75, 3.05) is 71.0 Å². The smallest absolute Gasteiger partial charge is 0.293 e. The third-order valence-corrected chi connectivity index (χ3v) is 9.72. The molecular weight excluding hydrogens is 653 g/mol. The van der Waals surface area contributed by atoms with Gasteiger partial charge in [0.05, 0.1) is 9.82 Å². The maximum atomic E-state index is 13.6. The Bertz CT molecular complexity index is 1750. The van der Waals surface area contributed by atoms with Gasteiger partial charge in [-0.2, -0.15) is 0 Å². The third kappa shape index (κ3) is 11.1. The molecule has 0 spiro atoms. The van der Waals surface area contributed by atoms with Crippen LogP contribution < -0.4 is 10.0 Å². The van der Waals surface area contributed by atoms with E-state index in [4.69, 9.17) is 0 Å². The number of benzene rings is 4. The largest absolute Gasteiger partial charge is 0.379 e. The highest BCUT2D eigenvalue weighted by Gasteiger charge is 2.23. The van der Waals surface area contributed by atoms with Crippen LogP contribution in [0.5, 0.6) is 0 Å². The fourth-order valence-electron chi connectivity index (χ4n) is 5.81. The van der Waals surface area contributed by atoms with Crippen LogP contribution in [0, 0.1) is 10.1 Å². The summed E-state index contributed by atoms with van der Waals surface area (Å²) >= 11 is 0. The number of nitro groups is 1. The summed E-state index contributed by atoms with van der Waals surface area (Å²) in [6.45, 7) is 3.23. The van der Waals surface area contributed by atoms with Gasteiger partial charge in [0.15, 0.2) is 0 Å². The number of anilines is 2. The van der Waals surface area contributed by atoms with Crippen LogP contribution in [0.15, 0.2) is 108 Å². The van der Waals surface area contributed by atoms with Crippen LogP contribution in [-0.2, 0) is 10.0 Å². The first-order valence-corrected chi connectivity index (χ1v) is 18.3. The van der Waals surface area contributed by atoms with Gasteiger partial charge in [0.2, 0.25) is 0 Å². The van der Waals surface area contributed by atoms with Gasteiger partial charge in [0.1, 0.15) is 5.69 Å². The predicted molar refractivity (Wildman–Crippen MR) is 200 cm³/mol. The molecule has 0 aliphatic rings. The van der Waals surface area contributed by atoms with Crippen molar-refractivity contribution in [2.45, 2.75) is 30.1 Å². The van der Waals surface area contributed by atoms with Gasteiger partial charge in [-0.15, -0.1) is 0 Å². The minimum atomic E-state index is -4.22. The molecule has 0 atom stereocenters. The normalized spacial score (nSPS) is 11.6.